The van der Waals surface area contributed by atoms with Gasteiger partial charge in [0.1, 0.15) is 5.82 Å². The fourth-order valence-electron chi connectivity index (χ4n) is 2.94. The van der Waals surface area contributed by atoms with Crippen molar-refractivity contribution < 1.29 is 9.18 Å². The molecule has 27 heavy (non-hydrogen) atoms. The standard InChI is InChI=1S/C21H24FN3OS/c1-25(18-10-4-2-8-16(18)22)15-7-14-23-20(26)12-6-13-21-24-17-9-3-5-11-19(17)27-21/h2-5,8-11H,6-7,12-15H2,1H3,(H,23,26). The summed E-state index contributed by atoms with van der Waals surface area (Å²) in [6.45, 7) is 1.28. The van der Waals surface area contributed by atoms with Crippen LogP contribution in [-0.4, -0.2) is 31.0 Å². The third-order valence-corrected chi connectivity index (χ3v) is 5.48. The molecule has 0 saturated carbocycles. The maximum Gasteiger partial charge on any atom is 0.220 e. The lowest BCUT2D eigenvalue weighted by Crippen LogP contribution is -2.28. The van der Waals surface area contributed by atoms with Crippen LogP contribution < -0.4 is 10.2 Å². The number of aromatic nitrogens is 1. The molecule has 0 aliphatic carbocycles. The Bertz CT molecular complexity index is 863. The van der Waals surface area contributed by atoms with Gasteiger partial charge in [0, 0.05) is 26.6 Å². The molecule has 4 nitrogen and oxygen atoms in total. The largest absolute Gasteiger partial charge is 0.372 e. The molecule has 2 aromatic carbocycles. The Morgan fingerprint density at radius 2 is 1.93 bits per heavy atom. The molecular weight excluding hydrogens is 361 g/mol. The van der Waals surface area contributed by atoms with E-state index in [2.05, 4.69) is 16.4 Å². The number of para-hydroxylation sites is 2. The Hall–Kier alpha value is -2.47. The molecule has 0 radical (unpaired) electrons. The Balaban J connectivity index is 1.32. The van der Waals surface area contributed by atoms with Gasteiger partial charge in [-0.3, -0.25) is 4.79 Å². The summed E-state index contributed by atoms with van der Waals surface area (Å²) in [6.07, 6.45) is 2.89. The summed E-state index contributed by atoms with van der Waals surface area (Å²) in [5.74, 6) is -0.163. The molecule has 0 atom stereocenters. The fourth-order valence-corrected chi connectivity index (χ4v) is 3.95. The topological polar surface area (TPSA) is 45.2 Å². The lowest BCUT2D eigenvalue weighted by molar-refractivity contribution is -0.121. The zero-order valence-corrected chi connectivity index (χ0v) is 16.3. The molecule has 1 N–H and O–H groups in total. The van der Waals surface area contributed by atoms with Crippen LogP contribution in [0.5, 0.6) is 0 Å². The number of hydrogen-bond acceptors (Lipinski definition) is 4. The molecule has 1 aromatic heterocycles. The summed E-state index contributed by atoms with van der Waals surface area (Å²) in [6, 6.07) is 14.8. The number of benzene rings is 2. The van der Waals surface area contributed by atoms with Crippen LogP contribution in [0, 0.1) is 5.82 Å². The van der Waals surface area contributed by atoms with Gasteiger partial charge in [-0.05, 0) is 43.5 Å². The number of hydrogen-bond donors (Lipinski definition) is 1. The molecule has 0 saturated heterocycles. The van der Waals surface area contributed by atoms with Crippen LogP contribution in [0.1, 0.15) is 24.3 Å². The molecule has 0 spiro atoms. The van der Waals surface area contributed by atoms with E-state index in [0.717, 1.165) is 29.8 Å². The summed E-state index contributed by atoms with van der Waals surface area (Å²) in [4.78, 5) is 18.4. The van der Waals surface area contributed by atoms with Crippen LogP contribution in [0.2, 0.25) is 0 Å². The Labute approximate surface area is 163 Å². The van der Waals surface area contributed by atoms with E-state index in [1.165, 1.54) is 10.8 Å². The van der Waals surface area contributed by atoms with Gasteiger partial charge in [0.25, 0.3) is 0 Å². The zero-order valence-electron chi connectivity index (χ0n) is 15.5. The second kappa shape index (κ2) is 9.46. The molecule has 3 aromatic rings. The Morgan fingerprint density at radius 1 is 1.15 bits per heavy atom. The average Bonchev–Trinajstić information content (AvgIpc) is 3.08. The summed E-state index contributed by atoms with van der Waals surface area (Å²) >= 11 is 1.69. The van der Waals surface area contributed by atoms with Gasteiger partial charge in [-0.25, -0.2) is 9.37 Å². The molecule has 0 bridgehead atoms. The molecule has 0 unspecified atom stereocenters. The predicted octanol–water partition coefficient (Wildman–Crippen LogP) is 4.40. The first-order chi connectivity index (χ1) is 13.1. The van der Waals surface area contributed by atoms with Gasteiger partial charge in [-0.15, -0.1) is 11.3 Å². The van der Waals surface area contributed by atoms with Crippen LogP contribution in [0.25, 0.3) is 10.2 Å². The lowest BCUT2D eigenvalue weighted by atomic mass is 10.2. The highest BCUT2D eigenvalue weighted by Gasteiger charge is 2.07. The number of anilines is 1. The molecule has 6 heteroatoms. The Kier molecular flexibility index (Phi) is 6.76. The van der Waals surface area contributed by atoms with Gasteiger partial charge in [0.05, 0.1) is 20.9 Å². The first-order valence-electron chi connectivity index (χ1n) is 9.20. The number of nitrogens with one attached hydrogen (secondary N) is 1. The number of carbonyl (C=O) groups is 1. The van der Waals surface area contributed by atoms with E-state index in [-0.39, 0.29) is 11.7 Å². The van der Waals surface area contributed by atoms with Crippen molar-refractivity contribution in [1.29, 1.82) is 0 Å². The van der Waals surface area contributed by atoms with Crippen molar-refractivity contribution in [2.45, 2.75) is 25.7 Å². The first kappa shape index (κ1) is 19.3. The number of aryl methyl sites for hydroxylation is 1. The average molecular weight is 386 g/mol. The highest BCUT2D eigenvalue weighted by Crippen LogP contribution is 2.22. The van der Waals surface area contributed by atoms with Crippen LogP contribution in [0.3, 0.4) is 0 Å². The molecule has 0 aliphatic rings. The normalized spacial score (nSPS) is 10.9. The van der Waals surface area contributed by atoms with E-state index in [1.807, 2.05) is 36.2 Å². The molecule has 1 amide bonds. The van der Waals surface area contributed by atoms with E-state index < -0.39 is 0 Å². The van der Waals surface area contributed by atoms with Crippen molar-refractivity contribution in [2.24, 2.45) is 0 Å². The van der Waals surface area contributed by atoms with Crippen molar-refractivity contribution in [3.63, 3.8) is 0 Å². The summed E-state index contributed by atoms with van der Waals surface area (Å²) in [5.41, 5.74) is 1.61. The van der Waals surface area contributed by atoms with Crippen LogP contribution >= 0.6 is 11.3 Å². The van der Waals surface area contributed by atoms with Crippen molar-refractivity contribution in [3.05, 3.63) is 59.4 Å². The van der Waals surface area contributed by atoms with Crippen LogP contribution in [0.4, 0.5) is 10.1 Å². The molecule has 1 heterocycles. The van der Waals surface area contributed by atoms with Gasteiger partial charge in [-0.2, -0.15) is 0 Å². The number of carbonyl (C=O) groups excluding carboxylic acids is 1. The van der Waals surface area contributed by atoms with Crippen molar-refractivity contribution in [3.8, 4) is 0 Å². The van der Waals surface area contributed by atoms with E-state index in [1.54, 1.807) is 23.5 Å². The minimum atomic E-state index is -0.223. The van der Waals surface area contributed by atoms with Gasteiger partial charge < -0.3 is 10.2 Å². The molecule has 0 fully saturated rings. The zero-order chi connectivity index (χ0) is 19.1. The number of thiazole rings is 1. The van der Waals surface area contributed by atoms with Gasteiger partial charge >= 0.3 is 0 Å². The summed E-state index contributed by atoms with van der Waals surface area (Å²) in [5, 5.41) is 4.02. The number of fused-ring (bicyclic) bond motifs is 1. The second-order valence-corrected chi connectivity index (χ2v) is 7.62. The van der Waals surface area contributed by atoms with Crippen LogP contribution in [-0.2, 0) is 11.2 Å². The minimum Gasteiger partial charge on any atom is -0.372 e. The van der Waals surface area contributed by atoms with E-state index in [9.17, 15) is 9.18 Å². The van der Waals surface area contributed by atoms with E-state index in [4.69, 9.17) is 0 Å². The van der Waals surface area contributed by atoms with Gasteiger partial charge in [0.15, 0.2) is 0 Å². The number of amides is 1. The van der Waals surface area contributed by atoms with Gasteiger partial charge in [-0.1, -0.05) is 24.3 Å². The van der Waals surface area contributed by atoms with Crippen molar-refractivity contribution in [2.75, 3.05) is 25.0 Å². The molecule has 3 rings (SSSR count). The monoisotopic (exact) mass is 385 g/mol. The highest BCUT2D eigenvalue weighted by atomic mass is 32.1. The maximum atomic E-state index is 13.7. The molecular formula is C21H24FN3OS. The van der Waals surface area contributed by atoms with Gasteiger partial charge in [0.2, 0.25) is 5.91 Å². The van der Waals surface area contributed by atoms with Crippen molar-refractivity contribution in [1.82, 2.24) is 10.3 Å². The van der Waals surface area contributed by atoms with E-state index in [0.29, 0.717) is 25.2 Å². The summed E-state index contributed by atoms with van der Waals surface area (Å²) < 4.78 is 14.9. The smallest absolute Gasteiger partial charge is 0.220 e. The maximum absolute atomic E-state index is 13.7. The Morgan fingerprint density at radius 3 is 2.74 bits per heavy atom. The SMILES string of the molecule is CN(CCCNC(=O)CCCc1nc2ccccc2s1)c1ccccc1F. The summed E-state index contributed by atoms with van der Waals surface area (Å²) in [7, 11) is 1.86. The third-order valence-electron chi connectivity index (χ3n) is 4.39. The predicted molar refractivity (Wildman–Crippen MR) is 110 cm³/mol. The molecule has 0 aliphatic heterocycles. The van der Waals surface area contributed by atoms with Crippen molar-refractivity contribution >= 4 is 33.1 Å². The van der Waals surface area contributed by atoms with Crippen LogP contribution in [0.15, 0.2) is 48.5 Å². The quantitative estimate of drug-likeness (QED) is 0.555. The first-order valence-corrected chi connectivity index (χ1v) is 10.0. The number of rotatable bonds is 9. The molecule has 142 valence electrons. The minimum absolute atomic E-state index is 0.0599. The van der Waals surface area contributed by atoms with E-state index >= 15 is 0 Å². The lowest BCUT2D eigenvalue weighted by Gasteiger charge is -2.19. The second-order valence-electron chi connectivity index (χ2n) is 6.51. The number of halogens is 1. The third kappa shape index (κ3) is 5.50. The fraction of sp³-hybridized carbons (Fsp3) is 0.333. The highest BCUT2D eigenvalue weighted by molar-refractivity contribution is 7.18. The number of nitrogens with zero attached hydrogens (tertiary/aromatic N) is 2.